The maximum absolute atomic E-state index is 12.4. The normalized spacial score (nSPS) is 12.0. The van der Waals surface area contributed by atoms with Crippen LogP contribution in [0.25, 0.3) is 0 Å². The van der Waals surface area contributed by atoms with Gasteiger partial charge in [0.1, 0.15) is 4.90 Å². The summed E-state index contributed by atoms with van der Waals surface area (Å²) in [6.07, 6.45) is 1.76. The van der Waals surface area contributed by atoms with Gasteiger partial charge in [0, 0.05) is 12.2 Å². The van der Waals surface area contributed by atoms with Crippen LogP contribution in [0.5, 0.6) is 0 Å². The summed E-state index contributed by atoms with van der Waals surface area (Å²) in [5.74, 6) is -0.222. The van der Waals surface area contributed by atoms with E-state index in [-0.39, 0.29) is 27.4 Å². The van der Waals surface area contributed by atoms with Crippen molar-refractivity contribution in [3.05, 3.63) is 41.2 Å². The molecule has 0 aliphatic rings. The van der Waals surface area contributed by atoms with Gasteiger partial charge in [-0.25, -0.2) is 8.42 Å². The predicted molar refractivity (Wildman–Crippen MR) is 79.4 cm³/mol. The molecule has 0 aliphatic heterocycles. The molecule has 0 unspecified atom stereocenters. The lowest BCUT2D eigenvalue weighted by Crippen LogP contribution is -2.10. The van der Waals surface area contributed by atoms with Crippen molar-refractivity contribution < 1.29 is 8.42 Å². The second kappa shape index (κ2) is 5.46. The first-order valence-corrected chi connectivity index (χ1v) is 8.15. The van der Waals surface area contributed by atoms with Crippen LogP contribution < -0.4 is 5.73 Å². The average molecular weight is 314 g/mol. The summed E-state index contributed by atoms with van der Waals surface area (Å²) >= 11 is 5.95. The van der Waals surface area contributed by atoms with Gasteiger partial charge in [0.2, 0.25) is 0 Å². The molecule has 1 heterocycles. The smallest absolute Gasteiger partial charge is 0.187 e. The lowest BCUT2D eigenvalue weighted by atomic mass is 10.3. The molecule has 0 fully saturated rings. The van der Waals surface area contributed by atoms with Crippen LogP contribution in [-0.2, 0) is 15.6 Å². The summed E-state index contributed by atoms with van der Waals surface area (Å²) in [5, 5.41) is 4.37. The van der Waals surface area contributed by atoms with Crippen LogP contribution in [0.4, 0.5) is 5.69 Å². The molecule has 0 spiro atoms. The van der Waals surface area contributed by atoms with Crippen molar-refractivity contribution in [2.45, 2.75) is 30.5 Å². The summed E-state index contributed by atoms with van der Waals surface area (Å²) in [4.78, 5) is -0.0271. The van der Waals surface area contributed by atoms with E-state index >= 15 is 0 Å². The maximum Gasteiger partial charge on any atom is 0.187 e. The molecular weight excluding hydrogens is 298 g/mol. The van der Waals surface area contributed by atoms with Gasteiger partial charge in [-0.15, -0.1) is 0 Å². The van der Waals surface area contributed by atoms with E-state index in [9.17, 15) is 8.42 Å². The standard InChI is InChI=1S/C13H16ClN3O2S/c1-9(2)17-7-6-10(16-17)8-20(18,19)13-11(14)4-3-5-12(13)15/h3-7,9H,8,15H2,1-2H3. The van der Waals surface area contributed by atoms with Gasteiger partial charge in [-0.2, -0.15) is 5.10 Å². The van der Waals surface area contributed by atoms with Crippen molar-refractivity contribution in [3.63, 3.8) is 0 Å². The lowest BCUT2D eigenvalue weighted by molar-refractivity contribution is 0.527. The molecule has 7 heteroatoms. The quantitative estimate of drug-likeness (QED) is 0.880. The van der Waals surface area contributed by atoms with E-state index < -0.39 is 9.84 Å². The number of nitrogens with zero attached hydrogens (tertiary/aromatic N) is 2. The number of anilines is 1. The van der Waals surface area contributed by atoms with E-state index in [4.69, 9.17) is 17.3 Å². The molecule has 108 valence electrons. The SMILES string of the molecule is CC(C)n1ccc(CS(=O)(=O)c2c(N)cccc2Cl)n1. The van der Waals surface area contributed by atoms with Gasteiger partial charge in [0.25, 0.3) is 0 Å². The molecule has 0 radical (unpaired) electrons. The van der Waals surface area contributed by atoms with E-state index in [0.717, 1.165) is 0 Å². The molecule has 0 amide bonds. The number of benzene rings is 1. The zero-order valence-electron chi connectivity index (χ0n) is 11.2. The number of sulfone groups is 1. The number of nitrogen functional groups attached to an aromatic ring is 1. The number of aromatic nitrogens is 2. The molecule has 1 aromatic heterocycles. The Kier molecular flexibility index (Phi) is 4.06. The number of halogens is 1. The van der Waals surface area contributed by atoms with Crippen molar-refractivity contribution in [3.8, 4) is 0 Å². The van der Waals surface area contributed by atoms with Crippen LogP contribution in [0.2, 0.25) is 5.02 Å². The zero-order valence-corrected chi connectivity index (χ0v) is 12.8. The zero-order chi connectivity index (χ0) is 14.9. The second-order valence-corrected chi connectivity index (χ2v) is 7.13. The van der Waals surface area contributed by atoms with Gasteiger partial charge >= 0.3 is 0 Å². The van der Waals surface area contributed by atoms with Crippen LogP contribution in [0.1, 0.15) is 25.6 Å². The fraction of sp³-hybridized carbons (Fsp3) is 0.308. The first-order chi connectivity index (χ1) is 9.31. The Bertz CT molecular complexity index is 703. The van der Waals surface area contributed by atoms with Crippen molar-refractivity contribution in [2.24, 2.45) is 0 Å². The maximum atomic E-state index is 12.4. The largest absolute Gasteiger partial charge is 0.398 e. The molecule has 0 saturated heterocycles. The predicted octanol–water partition coefficient (Wildman–Crippen LogP) is 2.67. The Labute approximate surface area is 123 Å². The highest BCUT2D eigenvalue weighted by atomic mass is 35.5. The van der Waals surface area contributed by atoms with Gasteiger partial charge < -0.3 is 5.73 Å². The monoisotopic (exact) mass is 313 g/mol. The Morgan fingerprint density at radius 1 is 1.35 bits per heavy atom. The third-order valence-corrected chi connectivity index (χ3v) is 5.02. The highest BCUT2D eigenvalue weighted by Gasteiger charge is 2.23. The van der Waals surface area contributed by atoms with Crippen LogP contribution in [0.15, 0.2) is 35.4 Å². The molecule has 0 bridgehead atoms. The molecular formula is C13H16ClN3O2S. The lowest BCUT2D eigenvalue weighted by Gasteiger charge is -2.08. The summed E-state index contributed by atoms with van der Waals surface area (Å²) in [7, 11) is -3.62. The van der Waals surface area contributed by atoms with Crippen molar-refractivity contribution >= 4 is 27.1 Å². The second-order valence-electron chi connectivity index (χ2n) is 4.80. The van der Waals surface area contributed by atoms with Gasteiger partial charge in [0.05, 0.1) is 22.2 Å². The first kappa shape index (κ1) is 14.9. The summed E-state index contributed by atoms with van der Waals surface area (Å²) in [5.41, 5.74) is 6.35. The van der Waals surface area contributed by atoms with Crippen LogP contribution in [0.3, 0.4) is 0 Å². The Morgan fingerprint density at radius 3 is 2.60 bits per heavy atom. The molecule has 2 N–H and O–H groups in total. The van der Waals surface area contributed by atoms with E-state index in [2.05, 4.69) is 5.10 Å². The van der Waals surface area contributed by atoms with E-state index in [1.807, 2.05) is 13.8 Å². The van der Waals surface area contributed by atoms with Crippen LogP contribution in [-0.4, -0.2) is 18.2 Å². The van der Waals surface area contributed by atoms with Gasteiger partial charge in [-0.05, 0) is 32.0 Å². The molecule has 1 aromatic carbocycles. The highest BCUT2D eigenvalue weighted by molar-refractivity contribution is 7.91. The summed E-state index contributed by atoms with van der Waals surface area (Å²) in [6.45, 7) is 3.94. The fourth-order valence-corrected chi connectivity index (χ4v) is 3.88. The first-order valence-electron chi connectivity index (χ1n) is 6.12. The van der Waals surface area contributed by atoms with Crippen molar-refractivity contribution in [1.82, 2.24) is 9.78 Å². The van der Waals surface area contributed by atoms with Crippen molar-refractivity contribution in [2.75, 3.05) is 5.73 Å². The molecule has 2 rings (SSSR count). The van der Waals surface area contributed by atoms with Crippen LogP contribution in [0, 0.1) is 0 Å². The molecule has 2 aromatic rings. The topological polar surface area (TPSA) is 78.0 Å². The minimum atomic E-state index is -3.62. The minimum absolute atomic E-state index is 0.0271. The van der Waals surface area contributed by atoms with Crippen LogP contribution >= 0.6 is 11.6 Å². The van der Waals surface area contributed by atoms with Gasteiger partial charge in [-0.1, -0.05) is 17.7 Å². The van der Waals surface area contributed by atoms with E-state index in [0.29, 0.717) is 5.69 Å². The Balaban J connectivity index is 2.36. The number of hydrogen-bond acceptors (Lipinski definition) is 4. The highest BCUT2D eigenvalue weighted by Crippen LogP contribution is 2.29. The average Bonchev–Trinajstić information content (AvgIpc) is 2.76. The molecule has 0 atom stereocenters. The summed E-state index contributed by atoms with van der Waals surface area (Å²) in [6, 6.07) is 6.51. The Hall–Kier alpha value is -1.53. The van der Waals surface area contributed by atoms with E-state index in [1.165, 1.54) is 12.1 Å². The van der Waals surface area contributed by atoms with E-state index in [1.54, 1.807) is 23.0 Å². The number of nitrogens with two attached hydrogens (primary N) is 1. The summed E-state index contributed by atoms with van der Waals surface area (Å²) < 4.78 is 26.5. The van der Waals surface area contributed by atoms with Crippen molar-refractivity contribution in [1.29, 1.82) is 0 Å². The number of rotatable bonds is 4. The number of hydrogen-bond donors (Lipinski definition) is 1. The van der Waals surface area contributed by atoms with Gasteiger partial charge in [0.15, 0.2) is 9.84 Å². The fourth-order valence-electron chi connectivity index (χ4n) is 1.86. The molecule has 20 heavy (non-hydrogen) atoms. The molecule has 0 aliphatic carbocycles. The third kappa shape index (κ3) is 2.96. The molecule has 5 nitrogen and oxygen atoms in total. The third-order valence-electron chi connectivity index (χ3n) is 2.84. The minimum Gasteiger partial charge on any atom is -0.398 e. The Morgan fingerprint density at radius 2 is 2.05 bits per heavy atom. The van der Waals surface area contributed by atoms with Gasteiger partial charge in [-0.3, -0.25) is 4.68 Å². The molecule has 0 saturated carbocycles.